The van der Waals surface area contributed by atoms with Gasteiger partial charge in [0.2, 0.25) is 0 Å². The fourth-order valence-corrected chi connectivity index (χ4v) is 3.26. The van der Waals surface area contributed by atoms with E-state index < -0.39 is 0 Å². The largest absolute Gasteiger partial charge is 0.376 e. The van der Waals surface area contributed by atoms with Gasteiger partial charge < -0.3 is 10.1 Å². The van der Waals surface area contributed by atoms with Crippen LogP contribution in [-0.2, 0) is 4.74 Å². The molecule has 0 spiro atoms. The monoisotopic (exact) mass is 255 g/mol. The Morgan fingerprint density at radius 2 is 2.06 bits per heavy atom. The van der Waals surface area contributed by atoms with Crippen molar-refractivity contribution in [3.63, 3.8) is 0 Å². The van der Waals surface area contributed by atoms with Gasteiger partial charge in [0.15, 0.2) is 0 Å². The summed E-state index contributed by atoms with van der Waals surface area (Å²) in [6, 6.07) is 4.63. The van der Waals surface area contributed by atoms with Crippen molar-refractivity contribution in [3.05, 3.63) is 22.4 Å². The molecule has 98 valence electrons. The van der Waals surface area contributed by atoms with Gasteiger partial charge in [-0.3, -0.25) is 0 Å². The SMILES string of the molecule is CCCNC(c1cccs1)C(CC)(CC)OC. The van der Waals surface area contributed by atoms with Crippen molar-refractivity contribution in [2.45, 2.75) is 51.7 Å². The Balaban J connectivity index is 2.95. The van der Waals surface area contributed by atoms with Crippen LogP contribution in [0.2, 0.25) is 0 Å². The number of hydrogen-bond donors (Lipinski definition) is 1. The number of ether oxygens (including phenoxy) is 1. The molecule has 1 rings (SSSR count). The minimum Gasteiger partial charge on any atom is -0.376 e. The van der Waals surface area contributed by atoms with Gasteiger partial charge in [-0.2, -0.15) is 0 Å². The van der Waals surface area contributed by atoms with Crippen LogP contribution < -0.4 is 5.32 Å². The quantitative estimate of drug-likeness (QED) is 0.758. The van der Waals surface area contributed by atoms with Crippen LogP contribution in [-0.4, -0.2) is 19.3 Å². The fourth-order valence-electron chi connectivity index (χ4n) is 2.35. The first-order valence-electron chi connectivity index (χ1n) is 6.56. The van der Waals surface area contributed by atoms with E-state index in [4.69, 9.17) is 4.74 Å². The fraction of sp³-hybridized carbons (Fsp3) is 0.714. The van der Waals surface area contributed by atoms with Crippen molar-refractivity contribution in [1.29, 1.82) is 0 Å². The van der Waals surface area contributed by atoms with Crippen molar-refractivity contribution in [2.75, 3.05) is 13.7 Å². The normalized spacial score (nSPS) is 13.9. The van der Waals surface area contributed by atoms with Crippen LogP contribution in [0.3, 0.4) is 0 Å². The Bertz CT molecular complexity index is 285. The summed E-state index contributed by atoms with van der Waals surface area (Å²) in [5, 5.41) is 5.79. The zero-order valence-electron chi connectivity index (χ0n) is 11.5. The van der Waals surface area contributed by atoms with Crippen LogP contribution in [0.4, 0.5) is 0 Å². The molecular weight excluding hydrogens is 230 g/mol. The number of methoxy groups -OCH3 is 1. The topological polar surface area (TPSA) is 21.3 Å². The average Bonchev–Trinajstić information content (AvgIpc) is 2.89. The second-order valence-electron chi connectivity index (χ2n) is 4.38. The minimum atomic E-state index is -0.0833. The second kappa shape index (κ2) is 7.14. The van der Waals surface area contributed by atoms with E-state index in [1.165, 1.54) is 4.88 Å². The van der Waals surface area contributed by atoms with E-state index in [1.54, 1.807) is 0 Å². The lowest BCUT2D eigenvalue weighted by Gasteiger charge is -2.38. The highest BCUT2D eigenvalue weighted by Crippen LogP contribution is 2.36. The molecule has 1 atom stereocenters. The molecule has 0 aromatic carbocycles. The van der Waals surface area contributed by atoms with Crippen LogP contribution in [0, 0.1) is 0 Å². The first-order chi connectivity index (χ1) is 8.24. The maximum Gasteiger partial charge on any atom is 0.0875 e. The molecule has 0 aliphatic heterocycles. The molecule has 0 fully saturated rings. The third-order valence-corrected chi connectivity index (χ3v) is 4.49. The summed E-state index contributed by atoms with van der Waals surface area (Å²) in [6.07, 6.45) is 3.20. The van der Waals surface area contributed by atoms with E-state index in [9.17, 15) is 0 Å². The van der Waals surface area contributed by atoms with Gasteiger partial charge in [-0.1, -0.05) is 26.8 Å². The molecule has 0 bridgehead atoms. The van der Waals surface area contributed by atoms with Crippen LogP contribution in [0.15, 0.2) is 17.5 Å². The third-order valence-electron chi connectivity index (χ3n) is 3.56. The molecule has 0 aliphatic carbocycles. The molecule has 0 saturated carbocycles. The highest BCUT2D eigenvalue weighted by Gasteiger charge is 2.36. The van der Waals surface area contributed by atoms with E-state index in [-0.39, 0.29) is 5.60 Å². The summed E-state index contributed by atoms with van der Waals surface area (Å²) >= 11 is 1.81. The van der Waals surface area contributed by atoms with Crippen molar-refractivity contribution in [3.8, 4) is 0 Å². The summed E-state index contributed by atoms with van der Waals surface area (Å²) in [4.78, 5) is 1.38. The summed E-state index contributed by atoms with van der Waals surface area (Å²) in [5.41, 5.74) is -0.0833. The molecular formula is C14H25NOS. The highest BCUT2D eigenvalue weighted by molar-refractivity contribution is 7.10. The third kappa shape index (κ3) is 3.30. The van der Waals surface area contributed by atoms with Gasteiger partial charge in [-0.25, -0.2) is 0 Å². The molecule has 17 heavy (non-hydrogen) atoms. The molecule has 3 heteroatoms. The molecule has 1 N–H and O–H groups in total. The Labute approximate surface area is 109 Å². The van der Waals surface area contributed by atoms with E-state index in [0.717, 1.165) is 25.8 Å². The van der Waals surface area contributed by atoms with E-state index in [0.29, 0.717) is 6.04 Å². The zero-order valence-corrected chi connectivity index (χ0v) is 12.3. The first kappa shape index (κ1) is 14.7. The average molecular weight is 255 g/mol. The van der Waals surface area contributed by atoms with Crippen molar-refractivity contribution in [1.82, 2.24) is 5.32 Å². The van der Waals surface area contributed by atoms with Crippen molar-refractivity contribution < 1.29 is 4.74 Å². The van der Waals surface area contributed by atoms with Crippen LogP contribution in [0.5, 0.6) is 0 Å². The van der Waals surface area contributed by atoms with Gasteiger partial charge in [0.05, 0.1) is 11.6 Å². The van der Waals surface area contributed by atoms with Gasteiger partial charge in [-0.05, 0) is 37.3 Å². The van der Waals surface area contributed by atoms with Crippen molar-refractivity contribution >= 4 is 11.3 Å². The number of nitrogens with one attached hydrogen (secondary N) is 1. The van der Waals surface area contributed by atoms with Crippen LogP contribution in [0.1, 0.15) is 51.0 Å². The molecule has 0 saturated heterocycles. The summed E-state index contributed by atoms with van der Waals surface area (Å²) in [5.74, 6) is 0. The van der Waals surface area contributed by atoms with E-state index >= 15 is 0 Å². The second-order valence-corrected chi connectivity index (χ2v) is 5.36. The lowest BCUT2D eigenvalue weighted by atomic mass is 9.87. The Hall–Kier alpha value is -0.380. The Kier molecular flexibility index (Phi) is 6.17. The minimum absolute atomic E-state index is 0.0833. The van der Waals surface area contributed by atoms with E-state index in [1.807, 2.05) is 18.4 Å². The molecule has 1 heterocycles. The van der Waals surface area contributed by atoms with E-state index in [2.05, 4.69) is 43.6 Å². The number of hydrogen-bond acceptors (Lipinski definition) is 3. The molecule has 0 amide bonds. The van der Waals surface area contributed by atoms with Crippen molar-refractivity contribution in [2.24, 2.45) is 0 Å². The van der Waals surface area contributed by atoms with Gasteiger partial charge in [0, 0.05) is 12.0 Å². The zero-order chi connectivity index (χ0) is 12.7. The summed E-state index contributed by atoms with van der Waals surface area (Å²) < 4.78 is 5.86. The van der Waals surface area contributed by atoms with Gasteiger partial charge in [0.25, 0.3) is 0 Å². The smallest absolute Gasteiger partial charge is 0.0875 e. The molecule has 1 unspecified atom stereocenters. The standard InChI is InChI=1S/C14H25NOS/c1-5-10-15-13(12-9-8-11-17-12)14(6-2,7-3)16-4/h8-9,11,13,15H,5-7,10H2,1-4H3. The predicted molar refractivity (Wildman–Crippen MR) is 75.7 cm³/mol. The summed E-state index contributed by atoms with van der Waals surface area (Å²) in [7, 11) is 1.83. The molecule has 1 aromatic heterocycles. The molecule has 0 aliphatic rings. The molecule has 1 aromatic rings. The van der Waals surface area contributed by atoms with Gasteiger partial charge >= 0.3 is 0 Å². The lowest BCUT2D eigenvalue weighted by molar-refractivity contribution is -0.0476. The molecule has 0 radical (unpaired) electrons. The number of rotatable bonds is 8. The Morgan fingerprint density at radius 1 is 1.35 bits per heavy atom. The van der Waals surface area contributed by atoms with Gasteiger partial charge in [0.1, 0.15) is 0 Å². The molecule has 2 nitrogen and oxygen atoms in total. The summed E-state index contributed by atoms with van der Waals surface area (Å²) in [6.45, 7) is 7.65. The predicted octanol–water partition coefficient (Wildman–Crippen LogP) is 3.99. The number of thiophene rings is 1. The lowest BCUT2D eigenvalue weighted by Crippen LogP contribution is -2.44. The van der Waals surface area contributed by atoms with Gasteiger partial charge in [-0.15, -0.1) is 11.3 Å². The van der Waals surface area contributed by atoms with Crippen LogP contribution in [0.25, 0.3) is 0 Å². The maximum atomic E-state index is 5.86. The first-order valence-corrected chi connectivity index (χ1v) is 7.44. The Morgan fingerprint density at radius 3 is 2.47 bits per heavy atom. The maximum absolute atomic E-state index is 5.86. The highest BCUT2D eigenvalue weighted by atomic mass is 32.1. The van der Waals surface area contributed by atoms with Crippen LogP contribution >= 0.6 is 11.3 Å².